The number of phenolic OH excluding ortho intramolecular Hbond substituents is 1. The fraction of sp³-hybridized carbons (Fsp3) is 0.0909. The van der Waals surface area contributed by atoms with Crippen LogP contribution in [0.1, 0.15) is 17.2 Å². The fourth-order valence-electron chi connectivity index (χ4n) is 3.18. The number of phenols is 1. The Labute approximate surface area is 171 Å². The van der Waals surface area contributed by atoms with Crippen LogP contribution >= 0.6 is 15.9 Å². The summed E-state index contributed by atoms with van der Waals surface area (Å²) in [5, 5.41) is 15.3. The highest BCUT2D eigenvalue weighted by atomic mass is 79.9. The number of fused-ring (bicyclic) bond motifs is 1. The molecule has 2 aromatic carbocycles. The summed E-state index contributed by atoms with van der Waals surface area (Å²) in [6.07, 6.45) is 3.40. The van der Waals surface area contributed by atoms with Crippen molar-refractivity contribution in [3.8, 4) is 11.5 Å². The van der Waals surface area contributed by atoms with E-state index in [1.54, 1.807) is 19.5 Å². The molecule has 5 nitrogen and oxygen atoms in total. The van der Waals surface area contributed by atoms with E-state index in [1.165, 1.54) is 0 Å². The van der Waals surface area contributed by atoms with Gasteiger partial charge in [-0.1, -0.05) is 30.3 Å². The quantitative estimate of drug-likeness (QED) is 0.444. The molecule has 28 heavy (non-hydrogen) atoms. The number of halogens is 1. The third-order valence-electron chi connectivity index (χ3n) is 4.56. The zero-order valence-electron chi connectivity index (χ0n) is 15.1. The summed E-state index contributed by atoms with van der Waals surface area (Å²) in [7, 11) is 1.63. The van der Waals surface area contributed by atoms with Crippen molar-refractivity contribution in [2.24, 2.45) is 0 Å². The molecule has 0 aliphatic heterocycles. The van der Waals surface area contributed by atoms with Gasteiger partial charge in [-0.3, -0.25) is 4.98 Å². The Bertz CT molecular complexity index is 1120. The first-order valence-electron chi connectivity index (χ1n) is 8.75. The summed E-state index contributed by atoms with van der Waals surface area (Å²) in [5.41, 5.74) is 2.23. The lowest BCUT2D eigenvalue weighted by Crippen LogP contribution is -2.14. The Morgan fingerprint density at radius 2 is 1.86 bits per heavy atom. The molecule has 2 N–H and O–H groups in total. The van der Waals surface area contributed by atoms with Crippen LogP contribution in [-0.4, -0.2) is 22.2 Å². The molecule has 2 aromatic heterocycles. The van der Waals surface area contributed by atoms with Crippen LogP contribution in [-0.2, 0) is 0 Å². The number of hydrogen-bond acceptors (Lipinski definition) is 5. The van der Waals surface area contributed by atoms with Crippen molar-refractivity contribution in [1.82, 2.24) is 9.97 Å². The molecule has 140 valence electrons. The van der Waals surface area contributed by atoms with E-state index in [9.17, 15) is 5.11 Å². The molecular weight excluding hydrogens is 418 g/mol. The van der Waals surface area contributed by atoms with Gasteiger partial charge in [-0.2, -0.15) is 0 Å². The topological polar surface area (TPSA) is 67.3 Å². The lowest BCUT2D eigenvalue weighted by Gasteiger charge is -2.22. The first kappa shape index (κ1) is 18.3. The Balaban J connectivity index is 1.86. The molecule has 0 aliphatic rings. The highest BCUT2D eigenvalue weighted by Crippen LogP contribution is 2.38. The zero-order chi connectivity index (χ0) is 19.5. The summed E-state index contributed by atoms with van der Waals surface area (Å²) in [4.78, 5) is 8.72. The number of ether oxygens (including phenoxy) is 1. The summed E-state index contributed by atoms with van der Waals surface area (Å²) < 4.78 is 6.18. The van der Waals surface area contributed by atoms with Crippen molar-refractivity contribution < 1.29 is 9.84 Å². The van der Waals surface area contributed by atoms with Crippen LogP contribution in [0.3, 0.4) is 0 Å². The van der Waals surface area contributed by atoms with Gasteiger partial charge in [-0.05, 0) is 51.8 Å². The third kappa shape index (κ3) is 3.51. The lowest BCUT2D eigenvalue weighted by atomic mass is 9.96. The van der Waals surface area contributed by atoms with Crippen LogP contribution in [0.5, 0.6) is 11.5 Å². The second kappa shape index (κ2) is 7.86. The smallest absolute Gasteiger partial charge is 0.147 e. The minimum atomic E-state index is -0.330. The molecule has 0 fully saturated rings. The maximum absolute atomic E-state index is 11.0. The number of methoxy groups -OCH3 is 1. The third-order valence-corrected chi connectivity index (χ3v) is 5.18. The standard InChI is InChI=1S/C22H18BrN3O2/c1-28-18-10-8-15(13-17(18)23)20(26-19-6-2-3-11-24-19)16-9-7-14-5-4-12-25-21(14)22(16)27/h2-13,20,27H,1H3,(H,24,26). The second-order valence-electron chi connectivity index (χ2n) is 6.26. The van der Waals surface area contributed by atoms with Crippen LogP contribution in [0.4, 0.5) is 5.82 Å². The van der Waals surface area contributed by atoms with Crippen molar-refractivity contribution in [3.05, 3.63) is 88.7 Å². The van der Waals surface area contributed by atoms with Crippen molar-refractivity contribution in [2.45, 2.75) is 6.04 Å². The maximum atomic E-state index is 11.0. The van der Waals surface area contributed by atoms with Gasteiger partial charge in [0.25, 0.3) is 0 Å². The van der Waals surface area contributed by atoms with E-state index in [0.717, 1.165) is 21.2 Å². The summed E-state index contributed by atoms with van der Waals surface area (Å²) in [6.45, 7) is 0. The van der Waals surface area contributed by atoms with E-state index in [2.05, 4.69) is 31.2 Å². The highest BCUT2D eigenvalue weighted by Gasteiger charge is 2.21. The molecule has 0 amide bonds. The number of aromatic hydroxyl groups is 1. The predicted octanol–water partition coefficient (Wildman–Crippen LogP) is 5.31. The van der Waals surface area contributed by atoms with Crippen LogP contribution < -0.4 is 10.1 Å². The zero-order valence-corrected chi connectivity index (χ0v) is 16.7. The number of hydrogen-bond donors (Lipinski definition) is 2. The van der Waals surface area contributed by atoms with E-state index < -0.39 is 0 Å². The van der Waals surface area contributed by atoms with Gasteiger partial charge in [0.15, 0.2) is 0 Å². The molecule has 0 saturated heterocycles. The van der Waals surface area contributed by atoms with Gasteiger partial charge in [-0.15, -0.1) is 0 Å². The SMILES string of the molecule is COc1ccc(C(Nc2ccccn2)c2ccc3cccnc3c2O)cc1Br. The maximum Gasteiger partial charge on any atom is 0.147 e. The van der Waals surface area contributed by atoms with Crippen LogP contribution in [0.25, 0.3) is 10.9 Å². The molecule has 2 heterocycles. The van der Waals surface area contributed by atoms with Gasteiger partial charge in [0.1, 0.15) is 22.8 Å². The Kier molecular flexibility index (Phi) is 5.12. The van der Waals surface area contributed by atoms with Gasteiger partial charge in [0, 0.05) is 23.3 Å². The van der Waals surface area contributed by atoms with E-state index in [1.807, 2.05) is 60.7 Å². The lowest BCUT2D eigenvalue weighted by molar-refractivity contribution is 0.412. The molecule has 1 unspecified atom stereocenters. The molecule has 6 heteroatoms. The van der Waals surface area contributed by atoms with E-state index in [-0.39, 0.29) is 11.8 Å². The highest BCUT2D eigenvalue weighted by molar-refractivity contribution is 9.10. The number of nitrogens with zero attached hydrogens (tertiary/aromatic N) is 2. The molecule has 0 aliphatic carbocycles. The monoisotopic (exact) mass is 435 g/mol. The number of aromatic nitrogens is 2. The molecule has 1 atom stereocenters. The van der Waals surface area contributed by atoms with Gasteiger partial charge in [0.2, 0.25) is 0 Å². The van der Waals surface area contributed by atoms with Crippen LogP contribution in [0.15, 0.2) is 77.5 Å². The van der Waals surface area contributed by atoms with Gasteiger partial charge < -0.3 is 15.2 Å². The van der Waals surface area contributed by atoms with Crippen LogP contribution in [0.2, 0.25) is 0 Å². The molecule has 0 spiro atoms. The van der Waals surface area contributed by atoms with Gasteiger partial charge >= 0.3 is 0 Å². The molecule has 0 saturated carbocycles. The van der Waals surface area contributed by atoms with Crippen LogP contribution in [0, 0.1) is 0 Å². The number of rotatable bonds is 5. The molecule has 4 rings (SSSR count). The van der Waals surface area contributed by atoms with Gasteiger partial charge in [-0.25, -0.2) is 4.98 Å². The second-order valence-corrected chi connectivity index (χ2v) is 7.12. The minimum Gasteiger partial charge on any atom is -0.505 e. The first-order valence-corrected chi connectivity index (χ1v) is 9.54. The van der Waals surface area contributed by atoms with E-state index in [0.29, 0.717) is 16.9 Å². The Morgan fingerprint density at radius 3 is 2.61 bits per heavy atom. The summed E-state index contributed by atoms with van der Waals surface area (Å²) in [6, 6.07) is 18.8. The van der Waals surface area contributed by atoms with Crippen molar-refractivity contribution in [3.63, 3.8) is 0 Å². The number of pyridine rings is 2. The predicted molar refractivity (Wildman–Crippen MR) is 114 cm³/mol. The summed E-state index contributed by atoms with van der Waals surface area (Å²) in [5.74, 6) is 1.60. The summed E-state index contributed by atoms with van der Waals surface area (Å²) >= 11 is 3.55. The largest absolute Gasteiger partial charge is 0.505 e. The van der Waals surface area contributed by atoms with E-state index >= 15 is 0 Å². The number of benzene rings is 2. The molecular formula is C22H18BrN3O2. The first-order chi connectivity index (χ1) is 13.7. The Hall–Kier alpha value is -3.12. The fourth-order valence-corrected chi connectivity index (χ4v) is 3.74. The molecule has 0 radical (unpaired) electrons. The molecule has 0 bridgehead atoms. The minimum absolute atomic E-state index is 0.151. The van der Waals surface area contributed by atoms with E-state index in [4.69, 9.17) is 4.74 Å². The normalized spacial score (nSPS) is 11.9. The Morgan fingerprint density at radius 1 is 1.00 bits per heavy atom. The number of nitrogens with one attached hydrogen (secondary N) is 1. The average molecular weight is 436 g/mol. The van der Waals surface area contributed by atoms with Crippen molar-refractivity contribution >= 4 is 32.7 Å². The van der Waals surface area contributed by atoms with Crippen molar-refractivity contribution in [1.29, 1.82) is 0 Å². The average Bonchev–Trinajstić information content (AvgIpc) is 2.73. The van der Waals surface area contributed by atoms with Gasteiger partial charge in [0.05, 0.1) is 17.6 Å². The number of anilines is 1. The molecule has 4 aromatic rings. The van der Waals surface area contributed by atoms with Crippen molar-refractivity contribution in [2.75, 3.05) is 12.4 Å².